The number of rotatable bonds is 4. The maximum absolute atomic E-state index is 11.8. The van der Waals surface area contributed by atoms with Gasteiger partial charge in [-0.1, -0.05) is 25.1 Å². The number of thioether (sulfide) groups is 1. The van der Waals surface area contributed by atoms with Gasteiger partial charge in [-0.15, -0.1) is 11.8 Å². The molecule has 2 atom stereocenters. The summed E-state index contributed by atoms with van der Waals surface area (Å²) in [4.78, 5) is 14.1. The molecule has 5 heteroatoms. The first-order chi connectivity index (χ1) is 11.6. The van der Waals surface area contributed by atoms with Crippen LogP contribution in [0.25, 0.3) is 0 Å². The molecule has 1 N–H and O–H groups in total. The zero-order valence-corrected chi connectivity index (χ0v) is 14.6. The minimum absolute atomic E-state index is 0.170. The second-order valence-electron chi connectivity index (χ2n) is 5.80. The number of esters is 1. The van der Waals surface area contributed by atoms with E-state index in [-0.39, 0.29) is 17.1 Å². The van der Waals surface area contributed by atoms with Crippen molar-refractivity contribution in [1.29, 1.82) is 0 Å². The van der Waals surface area contributed by atoms with Gasteiger partial charge in [0, 0.05) is 17.5 Å². The molecule has 3 rings (SSSR count). The summed E-state index contributed by atoms with van der Waals surface area (Å²) in [6, 6.07) is 14.9. The molecule has 1 aliphatic heterocycles. The van der Waals surface area contributed by atoms with Gasteiger partial charge in [-0.2, -0.15) is 0 Å². The van der Waals surface area contributed by atoms with Crippen molar-refractivity contribution in [2.75, 3.05) is 18.6 Å². The van der Waals surface area contributed by atoms with Crippen molar-refractivity contribution in [1.82, 2.24) is 0 Å². The summed E-state index contributed by atoms with van der Waals surface area (Å²) in [6.07, 6.45) is 1.09. The average molecular weight is 343 g/mol. The molecule has 0 aliphatic carbocycles. The van der Waals surface area contributed by atoms with Crippen LogP contribution in [-0.4, -0.2) is 30.0 Å². The Kier molecular flexibility index (Phi) is 5.00. The van der Waals surface area contributed by atoms with Crippen molar-refractivity contribution < 1.29 is 14.6 Å². The van der Waals surface area contributed by atoms with Crippen molar-refractivity contribution in [3.8, 4) is 5.75 Å². The Balaban J connectivity index is 1.94. The number of carbonyl (C=O) groups is 1. The van der Waals surface area contributed by atoms with Gasteiger partial charge in [0.15, 0.2) is 0 Å². The van der Waals surface area contributed by atoms with Crippen molar-refractivity contribution in [2.45, 2.75) is 24.0 Å². The minimum Gasteiger partial charge on any atom is -0.508 e. The predicted molar refractivity (Wildman–Crippen MR) is 97.6 cm³/mol. The smallest absolute Gasteiger partial charge is 0.337 e. The van der Waals surface area contributed by atoms with Gasteiger partial charge in [-0.05, 0) is 42.3 Å². The van der Waals surface area contributed by atoms with E-state index >= 15 is 0 Å². The van der Waals surface area contributed by atoms with Gasteiger partial charge >= 0.3 is 5.97 Å². The molecular formula is C19H21NO3S. The lowest BCUT2D eigenvalue weighted by Gasteiger charge is -2.26. The van der Waals surface area contributed by atoms with E-state index in [2.05, 4.69) is 11.8 Å². The lowest BCUT2D eigenvalue weighted by atomic mass is 10.1. The number of aromatic hydroxyl groups is 1. The summed E-state index contributed by atoms with van der Waals surface area (Å²) in [5.74, 6) is -0.0510. The molecule has 4 nitrogen and oxygen atoms in total. The highest BCUT2D eigenvalue weighted by Gasteiger charge is 2.33. The van der Waals surface area contributed by atoms with Crippen LogP contribution in [0.4, 0.5) is 5.69 Å². The fraction of sp³-hybridized carbons (Fsp3) is 0.316. The Morgan fingerprint density at radius 1 is 1.29 bits per heavy atom. The molecule has 0 saturated carbocycles. The molecule has 126 valence electrons. The molecule has 0 amide bonds. The largest absolute Gasteiger partial charge is 0.508 e. The predicted octanol–water partition coefficient (Wildman–Crippen LogP) is 4.21. The van der Waals surface area contributed by atoms with Crippen molar-refractivity contribution in [3.05, 3.63) is 59.7 Å². The van der Waals surface area contributed by atoms with Crippen molar-refractivity contribution >= 4 is 23.4 Å². The van der Waals surface area contributed by atoms with Crippen molar-refractivity contribution in [3.63, 3.8) is 0 Å². The number of phenols is 1. The number of anilines is 1. The first kappa shape index (κ1) is 16.7. The summed E-state index contributed by atoms with van der Waals surface area (Å²) in [5, 5.41) is 10.2. The maximum Gasteiger partial charge on any atom is 0.337 e. The topological polar surface area (TPSA) is 49.8 Å². The number of methoxy groups -OCH3 is 1. The summed E-state index contributed by atoms with van der Waals surface area (Å²) in [5.41, 5.74) is 2.72. The lowest BCUT2D eigenvalue weighted by Crippen LogP contribution is -2.24. The molecule has 0 radical (unpaired) electrons. The van der Waals surface area contributed by atoms with Crippen LogP contribution >= 0.6 is 11.8 Å². The molecule has 2 unspecified atom stereocenters. The van der Waals surface area contributed by atoms with Crippen LogP contribution in [0, 0.1) is 0 Å². The summed E-state index contributed by atoms with van der Waals surface area (Å²) in [7, 11) is 1.40. The molecule has 0 spiro atoms. The minimum atomic E-state index is -0.322. The second kappa shape index (κ2) is 7.18. The Bertz CT molecular complexity index is 717. The number of benzene rings is 2. The van der Waals surface area contributed by atoms with E-state index in [0.29, 0.717) is 10.8 Å². The van der Waals surface area contributed by atoms with Gasteiger partial charge in [0.1, 0.15) is 11.1 Å². The van der Waals surface area contributed by atoms with Crippen LogP contribution in [0.3, 0.4) is 0 Å². The maximum atomic E-state index is 11.8. The lowest BCUT2D eigenvalue weighted by molar-refractivity contribution is 0.0601. The molecular weight excluding hydrogens is 322 g/mol. The van der Waals surface area contributed by atoms with E-state index in [9.17, 15) is 9.90 Å². The van der Waals surface area contributed by atoms with Gasteiger partial charge < -0.3 is 14.7 Å². The zero-order chi connectivity index (χ0) is 17.1. The Labute approximate surface area is 146 Å². The van der Waals surface area contributed by atoms with Crippen LogP contribution < -0.4 is 4.90 Å². The number of carbonyl (C=O) groups excluding carboxylic acids is 1. The number of nitrogens with zero attached hydrogens (tertiary/aromatic N) is 1. The molecule has 0 bridgehead atoms. The van der Waals surface area contributed by atoms with E-state index in [4.69, 9.17) is 4.74 Å². The highest BCUT2D eigenvalue weighted by Crippen LogP contribution is 2.46. The monoisotopic (exact) mass is 343 g/mol. The summed E-state index contributed by atoms with van der Waals surface area (Å²) < 4.78 is 4.83. The van der Waals surface area contributed by atoms with Crippen LogP contribution in [-0.2, 0) is 4.74 Å². The van der Waals surface area contributed by atoms with E-state index in [1.807, 2.05) is 42.1 Å². The Morgan fingerprint density at radius 2 is 2.04 bits per heavy atom. The van der Waals surface area contributed by atoms with Gasteiger partial charge in [0.25, 0.3) is 0 Å². The summed E-state index contributed by atoms with van der Waals surface area (Å²) in [6.45, 7) is 3.12. The van der Waals surface area contributed by atoms with Gasteiger partial charge in [0.05, 0.1) is 12.7 Å². The molecule has 0 aromatic heterocycles. The van der Waals surface area contributed by atoms with Crippen LogP contribution in [0.15, 0.2) is 48.5 Å². The molecule has 1 saturated heterocycles. The van der Waals surface area contributed by atoms with E-state index in [1.165, 1.54) is 7.11 Å². The molecule has 1 heterocycles. The molecule has 2 aromatic carbocycles. The average Bonchev–Trinajstić information content (AvgIpc) is 3.06. The Hall–Kier alpha value is -2.14. The quantitative estimate of drug-likeness (QED) is 0.843. The third kappa shape index (κ3) is 3.36. The highest BCUT2D eigenvalue weighted by atomic mass is 32.2. The molecule has 24 heavy (non-hydrogen) atoms. The van der Waals surface area contributed by atoms with E-state index < -0.39 is 0 Å². The second-order valence-corrected chi connectivity index (χ2v) is 7.19. The zero-order valence-electron chi connectivity index (χ0n) is 13.8. The third-order valence-electron chi connectivity index (χ3n) is 4.24. The molecule has 1 aliphatic rings. The number of hydrogen-bond acceptors (Lipinski definition) is 5. The van der Waals surface area contributed by atoms with Crippen LogP contribution in [0.1, 0.15) is 34.6 Å². The fourth-order valence-electron chi connectivity index (χ4n) is 2.91. The summed E-state index contributed by atoms with van der Waals surface area (Å²) >= 11 is 1.92. The molecule has 1 fully saturated rings. The fourth-order valence-corrected chi connectivity index (χ4v) is 4.38. The van der Waals surface area contributed by atoms with E-state index in [1.54, 1.807) is 18.2 Å². The molecule has 2 aromatic rings. The number of hydrogen-bond donors (Lipinski definition) is 1. The third-order valence-corrected chi connectivity index (χ3v) is 5.89. The van der Waals surface area contributed by atoms with Crippen LogP contribution in [0.5, 0.6) is 5.75 Å². The van der Waals surface area contributed by atoms with E-state index in [0.717, 1.165) is 24.2 Å². The van der Waals surface area contributed by atoms with Gasteiger partial charge in [0.2, 0.25) is 0 Å². The van der Waals surface area contributed by atoms with Crippen molar-refractivity contribution in [2.24, 2.45) is 0 Å². The van der Waals surface area contributed by atoms with Gasteiger partial charge in [-0.25, -0.2) is 4.79 Å². The number of phenolic OH excluding ortho intramolecular Hbond substituents is 1. The Morgan fingerprint density at radius 3 is 2.71 bits per heavy atom. The first-order valence-electron chi connectivity index (χ1n) is 8.01. The number of ether oxygens (including phenoxy) is 1. The normalized spacial score (nSPS) is 20.2. The van der Waals surface area contributed by atoms with Crippen LogP contribution in [0.2, 0.25) is 0 Å². The highest BCUT2D eigenvalue weighted by molar-refractivity contribution is 8.00. The SMILES string of the molecule is CCC1CN(c2cccc(C(=O)OC)c2)C(c2ccc(O)cc2)S1. The first-order valence-corrected chi connectivity index (χ1v) is 8.96. The standard InChI is InChI=1S/C19H21NO3S/c1-3-17-12-20(15-6-4-5-14(11-15)19(22)23-2)18(24-17)13-7-9-16(21)10-8-13/h4-11,17-18,21H,3,12H2,1-2H3. The van der Waals surface area contributed by atoms with Gasteiger partial charge in [-0.3, -0.25) is 0 Å².